The predicted molar refractivity (Wildman–Crippen MR) is 85.5 cm³/mol. The fraction of sp³-hybridized carbons (Fsp3) is 0.250. The molecule has 0 aliphatic carbocycles. The average molecular weight is 311 g/mol. The number of nitrogens with two attached hydrogens (primary N) is 1. The van der Waals surface area contributed by atoms with Crippen LogP contribution in [-0.4, -0.2) is 25.1 Å². The predicted octanol–water partition coefficient (Wildman–Crippen LogP) is 0.952. The van der Waals surface area contributed by atoms with Gasteiger partial charge in [-0.1, -0.05) is 0 Å². The molecule has 3 aromatic rings. The molecule has 23 heavy (non-hydrogen) atoms. The summed E-state index contributed by atoms with van der Waals surface area (Å²) >= 11 is 0. The zero-order chi connectivity index (χ0) is 16.8. The number of aromatic nitrogens is 4. The maximum absolute atomic E-state index is 13.0. The fourth-order valence-electron chi connectivity index (χ4n) is 2.69. The van der Waals surface area contributed by atoms with Crippen molar-refractivity contribution in [2.24, 2.45) is 5.73 Å². The summed E-state index contributed by atoms with van der Waals surface area (Å²) in [6.07, 6.45) is 5.04. The van der Waals surface area contributed by atoms with Gasteiger partial charge >= 0.3 is 0 Å². The van der Waals surface area contributed by atoms with E-state index in [0.717, 1.165) is 5.69 Å². The number of amides is 1. The van der Waals surface area contributed by atoms with Crippen molar-refractivity contribution in [2.75, 3.05) is 0 Å². The van der Waals surface area contributed by atoms with Gasteiger partial charge in [0.15, 0.2) is 5.65 Å². The molecule has 0 bridgehead atoms. The van der Waals surface area contributed by atoms with Crippen molar-refractivity contribution in [1.82, 2.24) is 19.2 Å². The third-order valence-corrected chi connectivity index (χ3v) is 4.00. The Balaban J connectivity index is 2.38. The first-order valence-electron chi connectivity index (χ1n) is 7.16. The number of rotatable bonds is 3. The summed E-state index contributed by atoms with van der Waals surface area (Å²) < 4.78 is 3.07. The van der Waals surface area contributed by atoms with Crippen LogP contribution in [0, 0.1) is 6.92 Å². The summed E-state index contributed by atoms with van der Waals surface area (Å²) in [5, 5.41) is 0. The monoisotopic (exact) mass is 311 g/mol. The van der Waals surface area contributed by atoms with E-state index in [1.54, 1.807) is 56.2 Å². The molecule has 0 aromatic carbocycles. The van der Waals surface area contributed by atoms with Crippen LogP contribution in [0.5, 0.6) is 0 Å². The van der Waals surface area contributed by atoms with Gasteiger partial charge in [-0.05, 0) is 32.9 Å². The van der Waals surface area contributed by atoms with E-state index < -0.39 is 11.3 Å². The molecule has 1 amide bonds. The lowest BCUT2D eigenvalue weighted by molar-refractivity contribution is -0.122. The van der Waals surface area contributed by atoms with Crippen LogP contribution in [0.3, 0.4) is 0 Å². The van der Waals surface area contributed by atoms with Crippen molar-refractivity contribution >= 4 is 11.6 Å². The number of carbonyl (C=O) groups is 1. The quantitative estimate of drug-likeness (QED) is 0.779. The Labute approximate surface area is 132 Å². The second-order valence-corrected chi connectivity index (χ2v) is 5.91. The molecule has 7 nitrogen and oxygen atoms in total. The number of primary amides is 1. The highest BCUT2D eigenvalue weighted by molar-refractivity contribution is 5.86. The van der Waals surface area contributed by atoms with Crippen molar-refractivity contribution in [3.05, 3.63) is 58.4 Å². The zero-order valence-corrected chi connectivity index (χ0v) is 13.1. The lowest BCUT2D eigenvalue weighted by Crippen LogP contribution is -2.42. The third-order valence-electron chi connectivity index (χ3n) is 4.00. The van der Waals surface area contributed by atoms with Gasteiger partial charge in [0.05, 0.1) is 22.9 Å². The Hall–Kier alpha value is -2.96. The molecule has 0 aliphatic rings. The van der Waals surface area contributed by atoms with E-state index in [2.05, 4.69) is 9.97 Å². The van der Waals surface area contributed by atoms with Crippen molar-refractivity contribution < 1.29 is 4.79 Å². The molecule has 0 unspecified atom stereocenters. The number of hydrogen-bond acceptors (Lipinski definition) is 4. The zero-order valence-electron chi connectivity index (χ0n) is 13.1. The molecule has 7 heteroatoms. The second kappa shape index (κ2) is 5.05. The minimum absolute atomic E-state index is 0.298. The summed E-state index contributed by atoms with van der Waals surface area (Å²) in [4.78, 5) is 33.3. The van der Waals surface area contributed by atoms with Crippen molar-refractivity contribution in [3.8, 4) is 5.69 Å². The first-order chi connectivity index (χ1) is 10.8. The molecule has 0 saturated carbocycles. The highest BCUT2D eigenvalue weighted by Gasteiger charge is 2.33. The van der Waals surface area contributed by atoms with Crippen molar-refractivity contribution in [1.29, 1.82) is 0 Å². The molecule has 0 aliphatic heterocycles. The molecule has 0 fully saturated rings. The molecule has 0 spiro atoms. The van der Waals surface area contributed by atoms with Crippen LogP contribution < -0.4 is 11.3 Å². The van der Waals surface area contributed by atoms with Gasteiger partial charge in [-0.3, -0.25) is 19.3 Å². The Morgan fingerprint density at radius 1 is 1.30 bits per heavy atom. The molecular formula is C16H17N5O2. The molecule has 3 heterocycles. The first kappa shape index (κ1) is 15.0. The Morgan fingerprint density at radius 3 is 2.65 bits per heavy atom. The van der Waals surface area contributed by atoms with Crippen LogP contribution in [0.4, 0.5) is 0 Å². The number of fused-ring (bicyclic) bond motifs is 1. The summed E-state index contributed by atoms with van der Waals surface area (Å²) in [5.74, 6) is -0.570. The number of pyridine rings is 1. The molecule has 0 saturated heterocycles. The lowest BCUT2D eigenvalue weighted by atomic mass is 9.84. The van der Waals surface area contributed by atoms with E-state index in [-0.39, 0.29) is 5.56 Å². The van der Waals surface area contributed by atoms with Crippen LogP contribution in [-0.2, 0) is 10.2 Å². The van der Waals surface area contributed by atoms with Crippen LogP contribution in [0.15, 0.2) is 41.6 Å². The number of nitrogens with zero attached hydrogens (tertiary/aromatic N) is 4. The van der Waals surface area contributed by atoms with E-state index in [1.165, 1.54) is 4.52 Å². The molecule has 0 radical (unpaired) electrons. The Morgan fingerprint density at radius 2 is 2.04 bits per heavy atom. The average Bonchev–Trinajstić information content (AvgIpc) is 2.91. The smallest absolute Gasteiger partial charge is 0.277 e. The number of carbonyl (C=O) groups excluding carboxylic acids is 1. The molecule has 3 rings (SSSR count). The van der Waals surface area contributed by atoms with Gasteiger partial charge in [0.2, 0.25) is 5.91 Å². The van der Waals surface area contributed by atoms with Crippen molar-refractivity contribution in [2.45, 2.75) is 26.2 Å². The molecule has 3 aromatic heterocycles. The van der Waals surface area contributed by atoms with Crippen LogP contribution in [0.2, 0.25) is 0 Å². The minimum Gasteiger partial charge on any atom is -0.369 e. The molecular weight excluding hydrogens is 294 g/mol. The molecule has 2 N–H and O–H groups in total. The normalized spacial score (nSPS) is 11.8. The minimum atomic E-state index is -1.11. The van der Waals surface area contributed by atoms with Crippen LogP contribution >= 0.6 is 0 Å². The third kappa shape index (κ3) is 2.21. The summed E-state index contributed by atoms with van der Waals surface area (Å²) in [7, 11) is 0. The largest absolute Gasteiger partial charge is 0.369 e. The van der Waals surface area contributed by atoms with Gasteiger partial charge in [0.1, 0.15) is 0 Å². The van der Waals surface area contributed by atoms with E-state index in [0.29, 0.717) is 16.9 Å². The first-order valence-corrected chi connectivity index (χ1v) is 7.16. The van der Waals surface area contributed by atoms with Crippen LogP contribution in [0.25, 0.3) is 11.3 Å². The number of hydrogen-bond donors (Lipinski definition) is 1. The number of aryl methyl sites for hydroxylation is 1. The fourth-order valence-corrected chi connectivity index (χ4v) is 2.69. The maximum Gasteiger partial charge on any atom is 0.277 e. The summed E-state index contributed by atoms with van der Waals surface area (Å²) in [5.41, 5.74) is 6.07. The van der Waals surface area contributed by atoms with Gasteiger partial charge in [0.25, 0.3) is 5.56 Å². The van der Waals surface area contributed by atoms with Gasteiger partial charge < -0.3 is 5.73 Å². The van der Waals surface area contributed by atoms with E-state index in [9.17, 15) is 9.59 Å². The Kier molecular flexibility index (Phi) is 3.28. The lowest BCUT2D eigenvalue weighted by Gasteiger charge is -2.22. The van der Waals surface area contributed by atoms with Gasteiger partial charge in [-0.2, -0.15) is 4.52 Å². The van der Waals surface area contributed by atoms with E-state index >= 15 is 0 Å². The highest BCUT2D eigenvalue weighted by Crippen LogP contribution is 2.22. The standard InChI is InChI=1S/C16H17N5O2/c1-10-13(16(2,3)15(17)23)14(22)21-12(19-10)6-8-20(21)11-5-4-7-18-9-11/h4-9H,1-3H3,(H2,17,23). The highest BCUT2D eigenvalue weighted by atomic mass is 16.2. The van der Waals surface area contributed by atoms with E-state index in [1.807, 2.05) is 6.07 Å². The van der Waals surface area contributed by atoms with Gasteiger partial charge in [-0.15, -0.1) is 0 Å². The maximum atomic E-state index is 13.0. The topological polar surface area (TPSA) is 95.3 Å². The molecule has 0 atom stereocenters. The SMILES string of the molecule is Cc1nc2ccn(-c3cccnc3)n2c(=O)c1C(C)(C)C(N)=O. The second-order valence-electron chi connectivity index (χ2n) is 5.91. The van der Waals surface area contributed by atoms with Crippen LogP contribution in [0.1, 0.15) is 25.1 Å². The van der Waals surface area contributed by atoms with E-state index in [4.69, 9.17) is 5.73 Å². The molecule has 118 valence electrons. The summed E-state index contributed by atoms with van der Waals surface area (Å²) in [6.45, 7) is 4.97. The van der Waals surface area contributed by atoms with Gasteiger partial charge in [-0.25, -0.2) is 4.98 Å². The Bertz CT molecular complexity index is 954. The van der Waals surface area contributed by atoms with Crippen molar-refractivity contribution in [3.63, 3.8) is 0 Å². The van der Waals surface area contributed by atoms with Gasteiger partial charge in [0, 0.05) is 24.2 Å². The summed E-state index contributed by atoms with van der Waals surface area (Å²) in [6, 6.07) is 5.35.